The van der Waals surface area contributed by atoms with Crippen LogP contribution in [0, 0.1) is 0 Å². The Morgan fingerprint density at radius 3 is 1.52 bits per heavy atom. The minimum absolute atomic E-state index is 0.0966. The van der Waals surface area contributed by atoms with Crippen LogP contribution in [0.5, 0.6) is 0 Å². The highest BCUT2D eigenvalue weighted by Crippen LogP contribution is 2.44. The van der Waals surface area contributed by atoms with Gasteiger partial charge in [-0.2, -0.15) is 0 Å². The van der Waals surface area contributed by atoms with Crippen LogP contribution in [0.2, 0.25) is 0 Å². The Balaban J connectivity index is 1.38. The normalized spacial score (nSPS) is 12.7. The van der Waals surface area contributed by atoms with Gasteiger partial charge in [0, 0.05) is 49.6 Å². The van der Waals surface area contributed by atoms with E-state index in [1.54, 1.807) is 0 Å². The lowest BCUT2D eigenvalue weighted by Gasteiger charge is -2.37. The fourth-order valence-corrected chi connectivity index (χ4v) is 8.58. The highest BCUT2D eigenvalue weighted by atomic mass is 15.2. The second kappa shape index (κ2) is 8.80. The summed E-state index contributed by atoms with van der Waals surface area (Å²) in [6, 6.07) is 58.0. The third-order valence-electron chi connectivity index (χ3n) is 10.3. The van der Waals surface area contributed by atoms with Crippen molar-refractivity contribution < 1.29 is 0 Å². The lowest BCUT2D eigenvalue weighted by molar-refractivity contribution is 1.12. The standard InChI is InChI=1S/C42H26BN3/c1-3-13-27(14-4-1)44(28-15-5-2-6-16-28)38-26-25-37-39-42(38)46-36-24-10-8-18-30(36)32-20-12-22-34(41(32)46)43(39)33-21-11-19-31-29-17-7-9-23-35(29)45(37)40(31)33/h1-26H. The maximum Gasteiger partial charge on any atom is 0.252 e. The summed E-state index contributed by atoms with van der Waals surface area (Å²) in [6.07, 6.45) is 0. The Morgan fingerprint density at radius 2 is 0.913 bits per heavy atom. The van der Waals surface area contributed by atoms with E-state index in [9.17, 15) is 0 Å². The minimum Gasteiger partial charge on any atom is -0.310 e. The summed E-state index contributed by atoms with van der Waals surface area (Å²) in [6.45, 7) is 0.0966. The first-order valence-electron chi connectivity index (χ1n) is 16.0. The van der Waals surface area contributed by atoms with Gasteiger partial charge in [0.25, 0.3) is 6.71 Å². The van der Waals surface area contributed by atoms with Gasteiger partial charge >= 0.3 is 0 Å². The Hall–Kier alpha value is -6.00. The third-order valence-corrected chi connectivity index (χ3v) is 10.3. The predicted molar refractivity (Wildman–Crippen MR) is 194 cm³/mol. The zero-order valence-electron chi connectivity index (χ0n) is 24.9. The van der Waals surface area contributed by atoms with Crippen LogP contribution in [-0.4, -0.2) is 15.8 Å². The van der Waals surface area contributed by atoms with E-state index in [2.05, 4.69) is 172 Å². The third kappa shape index (κ3) is 2.94. The first-order valence-corrected chi connectivity index (χ1v) is 16.0. The molecule has 0 saturated carbocycles. The average Bonchev–Trinajstić information content (AvgIpc) is 3.64. The number of benzene rings is 7. The molecule has 0 bridgehead atoms. The lowest BCUT2D eigenvalue weighted by Crippen LogP contribution is -2.59. The van der Waals surface area contributed by atoms with Crippen molar-refractivity contribution >= 4 is 83.8 Å². The molecule has 2 aromatic heterocycles. The highest BCUT2D eigenvalue weighted by Gasteiger charge is 2.42. The Morgan fingerprint density at radius 1 is 0.413 bits per heavy atom. The second-order valence-electron chi connectivity index (χ2n) is 12.5. The minimum atomic E-state index is 0.0966. The molecule has 11 rings (SSSR count). The van der Waals surface area contributed by atoms with Crippen LogP contribution in [0.4, 0.5) is 17.1 Å². The van der Waals surface area contributed by atoms with Crippen molar-refractivity contribution in [2.24, 2.45) is 0 Å². The van der Waals surface area contributed by atoms with Gasteiger partial charge in [0.15, 0.2) is 0 Å². The second-order valence-corrected chi connectivity index (χ2v) is 12.5. The van der Waals surface area contributed by atoms with E-state index in [-0.39, 0.29) is 6.71 Å². The Labute approximate surface area is 266 Å². The molecule has 46 heavy (non-hydrogen) atoms. The Kier molecular flexibility index (Phi) is 4.66. The summed E-state index contributed by atoms with van der Waals surface area (Å²) in [5.41, 5.74) is 15.2. The van der Waals surface area contributed by atoms with E-state index < -0.39 is 0 Å². The smallest absolute Gasteiger partial charge is 0.252 e. The number of hydrogen-bond donors (Lipinski definition) is 0. The van der Waals surface area contributed by atoms with Crippen LogP contribution in [0.25, 0.3) is 55.0 Å². The molecule has 0 radical (unpaired) electrons. The van der Waals surface area contributed by atoms with E-state index in [1.165, 1.54) is 77.1 Å². The van der Waals surface area contributed by atoms with Gasteiger partial charge in [0.2, 0.25) is 0 Å². The molecule has 212 valence electrons. The number of rotatable bonds is 3. The molecule has 0 aliphatic carbocycles. The summed E-state index contributed by atoms with van der Waals surface area (Å²) < 4.78 is 5.10. The summed E-state index contributed by atoms with van der Waals surface area (Å²) in [4.78, 5) is 2.44. The first-order chi connectivity index (χ1) is 22.9. The molecule has 0 atom stereocenters. The molecule has 4 heteroatoms. The van der Waals surface area contributed by atoms with E-state index in [0.717, 1.165) is 11.4 Å². The molecule has 0 fully saturated rings. The van der Waals surface area contributed by atoms with Crippen molar-refractivity contribution in [3.63, 3.8) is 0 Å². The first kappa shape index (κ1) is 24.3. The number of anilines is 3. The number of aromatic nitrogens is 2. The molecule has 0 amide bonds. The summed E-state index contributed by atoms with van der Waals surface area (Å²) in [7, 11) is 0. The zero-order valence-corrected chi connectivity index (χ0v) is 24.9. The van der Waals surface area contributed by atoms with Crippen LogP contribution in [0.15, 0.2) is 158 Å². The van der Waals surface area contributed by atoms with Gasteiger partial charge in [-0.1, -0.05) is 109 Å². The van der Waals surface area contributed by atoms with E-state index >= 15 is 0 Å². The zero-order chi connectivity index (χ0) is 29.9. The van der Waals surface area contributed by atoms with Gasteiger partial charge in [-0.15, -0.1) is 0 Å². The number of para-hydroxylation sites is 6. The molecule has 0 spiro atoms. The number of fused-ring (bicyclic) bond motifs is 10. The van der Waals surface area contributed by atoms with Gasteiger partial charge in [0.05, 0.1) is 22.4 Å². The van der Waals surface area contributed by atoms with Crippen molar-refractivity contribution in [2.75, 3.05) is 4.90 Å². The summed E-state index contributed by atoms with van der Waals surface area (Å²) in [5.74, 6) is 0. The molecule has 0 saturated heterocycles. The molecule has 9 aromatic rings. The van der Waals surface area contributed by atoms with Crippen LogP contribution in [-0.2, 0) is 0 Å². The van der Waals surface area contributed by atoms with Crippen molar-refractivity contribution in [3.05, 3.63) is 158 Å². The maximum absolute atomic E-state index is 2.57. The quantitative estimate of drug-likeness (QED) is 0.190. The highest BCUT2D eigenvalue weighted by molar-refractivity contribution is 7.00. The fourth-order valence-electron chi connectivity index (χ4n) is 8.58. The predicted octanol–water partition coefficient (Wildman–Crippen LogP) is 8.49. The van der Waals surface area contributed by atoms with Crippen LogP contribution in [0.1, 0.15) is 0 Å². The number of hydrogen-bond acceptors (Lipinski definition) is 1. The van der Waals surface area contributed by atoms with E-state index in [0.29, 0.717) is 0 Å². The van der Waals surface area contributed by atoms with Crippen LogP contribution in [0.3, 0.4) is 0 Å². The molecule has 2 aliphatic rings. The van der Waals surface area contributed by atoms with Crippen LogP contribution >= 0.6 is 0 Å². The van der Waals surface area contributed by atoms with Crippen molar-refractivity contribution in [1.82, 2.24) is 9.13 Å². The molecular weight excluding hydrogens is 557 g/mol. The average molecular weight is 584 g/mol. The molecule has 0 N–H and O–H groups in total. The molecule has 7 aromatic carbocycles. The van der Waals surface area contributed by atoms with E-state index in [1.807, 2.05) is 0 Å². The maximum atomic E-state index is 2.57. The molecule has 2 aliphatic heterocycles. The van der Waals surface area contributed by atoms with Gasteiger partial charge < -0.3 is 14.0 Å². The van der Waals surface area contributed by atoms with Gasteiger partial charge in [-0.3, -0.25) is 0 Å². The van der Waals surface area contributed by atoms with Gasteiger partial charge in [-0.05, 0) is 64.9 Å². The molecule has 4 heterocycles. The molecular formula is C42H26BN3. The van der Waals surface area contributed by atoms with E-state index in [4.69, 9.17) is 0 Å². The van der Waals surface area contributed by atoms with Gasteiger partial charge in [-0.25, -0.2) is 0 Å². The summed E-state index contributed by atoms with van der Waals surface area (Å²) in [5, 5.41) is 5.21. The van der Waals surface area contributed by atoms with Crippen molar-refractivity contribution in [3.8, 4) is 11.4 Å². The van der Waals surface area contributed by atoms with Crippen molar-refractivity contribution in [1.29, 1.82) is 0 Å². The fraction of sp³-hybridized carbons (Fsp3) is 0. The van der Waals surface area contributed by atoms with Crippen molar-refractivity contribution in [2.45, 2.75) is 0 Å². The van der Waals surface area contributed by atoms with Crippen LogP contribution < -0.4 is 21.3 Å². The topological polar surface area (TPSA) is 13.1 Å². The SMILES string of the molecule is c1ccc(N(c2ccccc2)c2ccc3c4c2-n2c5ccccc5c5cccc(c52)B4c2cccc4c5ccccc5n-3c24)cc1. The Bertz CT molecular complexity index is 2660. The van der Waals surface area contributed by atoms with Gasteiger partial charge in [0.1, 0.15) is 0 Å². The lowest BCUT2D eigenvalue weighted by atomic mass is 9.34. The summed E-state index contributed by atoms with van der Waals surface area (Å²) >= 11 is 0. The molecule has 0 unspecified atom stereocenters. The monoisotopic (exact) mass is 583 g/mol. The largest absolute Gasteiger partial charge is 0.310 e. The molecule has 3 nitrogen and oxygen atoms in total. The number of nitrogens with zero attached hydrogens (tertiary/aromatic N) is 3.